The van der Waals surface area contributed by atoms with Crippen molar-refractivity contribution in [3.8, 4) is 11.5 Å². The molecule has 3 rings (SSSR count). The van der Waals surface area contributed by atoms with Crippen LogP contribution in [0.2, 0.25) is 0 Å². The van der Waals surface area contributed by atoms with Crippen LogP contribution in [0.15, 0.2) is 48.5 Å². The molecule has 1 aliphatic heterocycles. The van der Waals surface area contributed by atoms with E-state index in [2.05, 4.69) is 4.90 Å². The predicted octanol–water partition coefficient (Wildman–Crippen LogP) is 3.67. The largest absolute Gasteiger partial charge is 0.457 e. The zero-order valence-corrected chi connectivity index (χ0v) is 14.7. The van der Waals surface area contributed by atoms with Crippen LogP contribution < -0.4 is 4.74 Å². The molecule has 1 heterocycles. The molecule has 146 valence electrons. The molecule has 7 heteroatoms. The standard InChI is InChI=1S/C20H22F3NO3/c21-20(22,23)16-4-2-6-18(10-16)27-17-5-1-3-14(9-17)11-24-8-7-19(26)15(12-24)13-25/h1-6,9-10,15,19,25-26H,7-8,11-13H2/t15-,19-/m0/s1. The Bertz CT molecular complexity index is 766. The molecule has 1 saturated heterocycles. The summed E-state index contributed by atoms with van der Waals surface area (Å²) in [5, 5.41) is 19.2. The SMILES string of the molecule is OC[C@@H]1CN(Cc2cccc(Oc3cccc(C(F)(F)F)c3)c2)CC[C@@H]1O. The van der Waals surface area contributed by atoms with E-state index in [1.165, 1.54) is 12.1 Å². The van der Waals surface area contributed by atoms with Gasteiger partial charge in [-0.3, -0.25) is 4.90 Å². The summed E-state index contributed by atoms with van der Waals surface area (Å²) < 4.78 is 44.1. The fourth-order valence-corrected chi connectivity index (χ4v) is 3.26. The van der Waals surface area contributed by atoms with Crippen molar-refractivity contribution >= 4 is 0 Å². The summed E-state index contributed by atoms with van der Waals surface area (Å²) >= 11 is 0. The lowest BCUT2D eigenvalue weighted by atomic mass is 9.95. The van der Waals surface area contributed by atoms with Crippen molar-refractivity contribution in [2.45, 2.75) is 25.2 Å². The van der Waals surface area contributed by atoms with Crippen molar-refractivity contribution in [3.05, 3.63) is 59.7 Å². The van der Waals surface area contributed by atoms with Gasteiger partial charge in [0.05, 0.1) is 11.7 Å². The third-order valence-electron chi connectivity index (χ3n) is 4.71. The van der Waals surface area contributed by atoms with E-state index < -0.39 is 17.8 Å². The quantitative estimate of drug-likeness (QED) is 0.830. The van der Waals surface area contributed by atoms with E-state index >= 15 is 0 Å². The van der Waals surface area contributed by atoms with Gasteiger partial charge in [0, 0.05) is 32.2 Å². The number of alkyl halides is 3. The van der Waals surface area contributed by atoms with Gasteiger partial charge in [0.1, 0.15) is 11.5 Å². The molecule has 0 unspecified atom stereocenters. The fourth-order valence-electron chi connectivity index (χ4n) is 3.26. The Balaban J connectivity index is 1.67. The van der Waals surface area contributed by atoms with Gasteiger partial charge in [-0.15, -0.1) is 0 Å². The molecule has 0 amide bonds. The van der Waals surface area contributed by atoms with E-state index in [1.54, 1.807) is 18.2 Å². The highest BCUT2D eigenvalue weighted by Crippen LogP contribution is 2.33. The summed E-state index contributed by atoms with van der Waals surface area (Å²) in [5.74, 6) is 0.425. The number of hydrogen-bond acceptors (Lipinski definition) is 4. The molecule has 0 saturated carbocycles. The molecule has 4 nitrogen and oxygen atoms in total. The first kappa shape index (κ1) is 19.7. The lowest BCUT2D eigenvalue weighted by Crippen LogP contribution is -2.44. The molecule has 1 aliphatic rings. The molecule has 0 aromatic heterocycles. The van der Waals surface area contributed by atoms with Crippen LogP contribution in [-0.4, -0.2) is 40.9 Å². The van der Waals surface area contributed by atoms with E-state index in [0.717, 1.165) is 24.2 Å². The molecule has 2 aromatic carbocycles. The van der Waals surface area contributed by atoms with Crippen LogP contribution in [0.25, 0.3) is 0 Å². The van der Waals surface area contributed by atoms with Gasteiger partial charge < -0.3 is 14.9 Å². The molecule has 2 aromatic rings. The highest BCUT2D eigenvalue weighted by molar-refractivity contribution is 5.36. The van der Waals surface area contributed by atoms with Gasteiger partial charge in [0.15, 0.2) is 0 Å². The number of piperidine rings is 1. The Morgan fingerprint density at radius 3 is 2.48 bits per heavy atom. The van der Waals surface area contributed by atoms with Crippen LogP contribution in [0.3, 0.4) is 0 Å². The molecule has 0 spiro atoms. The normalized spacial score (nSPS) is 21.2. The maximum Gasteiger partial charge on any atom is 0.416 e. The number of rotatable bonds is 5. The van der Waals surface area contributed by atoms with Crippen molar-refractivity contribution in [1.29, 1.82) is 0 Å². The summed E-state index contributed by atoms with van der Waals surface area (Å²) in [6.07, 6.45) is -4.29. The Hall–Kier alpha value is -2.09. The van der Waals surface area contributed by atoms with Crippen LogP contribution >= 0.6 is 0 Å². The smallest absolute Gasteiger partial charge is 0.416 e. The maximum atomic E-state index is 12.8. The van der Waals surface area contributed by atoms with E-state index in [-0.39, 0.29) is 18.3 Å². The van der Waals surface area contributed by atoms with Crippen LogP contribution in [0, 0.1) is 5.92 Å². The first-order valence-corrected chi connectivity index (χ1v) is 8.80. The van der Waals surface area contributed by atoms with Gasteiger partial charge in [-0.2, -0.15) is 13.2 Å². The monoisotopic (exact) mass is 381 g/mol. The van der Waals surface area contributed by atoms with Crippen molar-refractivity contribution in [2.24, 2.45) is 5.92 Å². The lowest BCUT2D eigenvalue weighted by Gasteiger charge is -2.35. The molecule has 27 heavy (non-hydrogen) atoms. The van der Waals surface area contributed by atoms with Gasteiger partial charge >= 0.3 is 6.18 Å². The highest BCUT2D eigenvalue weighted by atomic mass is 19.4. The molecule has 2 atom stereocenters. The third-order valence-corrected chi connectivity index (χ3v) is 4.71. The van der Waals surface area contributed by atoms with Crippen LogP contribution in [0.1, 0.15) is 17.5 Å². The Morgan fingerprint density at radius 1 is 1.07 bits per heavy atom. The third kappa shape index (κ3) is 5.22. The molecule has 0 radical (unpaired) electrons. The van der Waals surface area contributed by atoms with E-state index in [9.17, 15) is 23.4 Å². The zero-order valence-electron chi connectivity index (χ0n) is 14.7. The summed E-state index contributed by atoms with van der Waals surface area (Å²) in [5.41, 5.74) is 0.200. The molecular weight excluding hydrogens is 359 g/mol. The summed E-state index contributed by atoms with van der Waals surface area (Å²) in [6.45, 7) is 1.87. The van der Waals surface area contributed by atoms with E-state index in [4.69, 9.17) is 4.74 Å². The van der Waals surface area contributed by atoms with Crippen molar-refractivity contribution in [2.75, 3.05) is 19.7 Å². The predicted molar refractivity (Wildman–Crippen MR) is 94.4 cm³/mol. The number of hydrogen-bond donors (Lipinski definition) is 2. The lowest BCUT2D eigenvalue weighted by molar-refractivity contribution is -0.137. The molecule has 1 fully saturated rings. The second-order valence-electron chi connectivity index (χ2n) is 6.81. The van der Waals surface area contributed by atoms with Crippen molar-refractivity contribution in [1.82, 2.24) is 4.90 Å². The minimum atomic E-state index is -4.41. The fraction of sp³-hybridized carbons (Fsp3) is 0.400. The van der Waals surface area contributed by atoms with Crippen molar-refractivity contribution in [3.63, 3.8) is 0 Å². The van der Waals surface area contributed by atoms with Gasteiger partial charge in [-0.25, -0.2) is 0 Å². The number of halogens is 3. The number of likely N-dealkylation sites (tertiary alicyclic amines) is 1. The summed E-state index contributed by atoms with van der Waals surface area (Å²) in [6, 6.07) is 12.0. The second-order valence-corrected chi connectivity index (χ2v) is 6.81. The number of aliphatic hydroxyl groups excluding tert-OH is 2. The Labute approximate surface area is 155 Å². The van der Waals surface area contributed by atoms with Crippen LogP contribution in [0.4, 0.5) is 13.2 Å². The van der Waals surface area contributed by atoms with Crippen LogP contribution in [-0.2, 0) is 12.7 Å². The molecule has 2 N–H and O–H groups in total. The first-order chi connectivity index (χ1) is 12.8. The maximum absolute atomic E-state index is 12.8. The van der Waals surface area contributed by atoms with Crippen molar-refractivity contribution < 1.29 is 28.1 Å². The number of benzene rings is 2. The van der Waals surface area contributed by atoms with Gasteiger partial charge in [-0.1, -0.05) is 18.2 Å². The molecule has 0 bridgehead atoms. The van der Waals surface area contributed by atoms with E-state index in [1.807, 2.05) is 6.07 Å². The van der Waals surface area contributed by atoms with Gasteiger partial charge in [0.25, 0.3) is 0 Å². The minimum Gasteiger partial charge on any atom is -0.457 e. The summed E-state index contributed by atoms with van der Waals surface area (Å²) in [4.78, 5) is 2.14. The number of aliphatic hydroxyl groups is 2. The van der Waals surface area contributed by atoms with Gasteiger partial charge in [-0.05, 0) is 42.3 Å². The Morgan fingerprint density at radius 2 is 1.78 bits per heavy atom. The Kier molecular flexibility index (Phi) is 6.04. The van der Waals surface area contributed by atoms with Crippen LogP contribution in [0.5, 0.6) is 11.5 Å². The highest BCUT2D eigenvalue weighted by Gasteiger charge is 2.30. The zero-order chi connectivity index (χ0) is 19.4. The number of nitrogens with zero attached hydrogens (tertiary/aromatic N) is 1. The number of ether oxygens (including phenoxy) is 1. The van der Waals surface area contributed by atoms with E-state index in [0.29, 0.717) is 25.3 Å². The molecular formula is C20H22F3NO3. The molecule has 0 aliphatic carbocycles. The first-order valence-electron chi connectivity index (χ1n) is 8.80. The van der Waals surface area contributed by atoms with Gasteiger partial charge in [0.2, 0.25) is 0 Å². The summed E-state index contributed by atoms with van der Waals surface area (Å²) in [7, 11) is 0. The average Bonchev–Trinajstić information content (AvgIpc) is 2.63. The topological polar surface area (TPSA) is 52.9 Å². The minimum absolute atomic E-state index is 0.0592. The average molecular weight is 381 g/mol. The second kappa shape index (κ2) is 8.29.